The molecule has 6 heteroatoms. The Labute approximate surface area is 100 Å². The van der Waals surface area contributed by atoms with Crippen LogP contribution in [0.4, 0.5) is 0 Å². The molecule has 4 nitrogen and oxygen atoms in total. The van der Waals surface area contributed by atoms with Crippen LogP contribution < -0.4 is 5.32 Å². The van der Waals surface area contributed by atoms with Crippen molar-refractivity contribution in [2.75, 3.05) is 19.6 Å². The Kier molecular flexibility index (Phi) is 3.34. The first-order chi connectivity index (χ1) is 7.50. The van der Waals surface area contributed by atoms with E-state index in [9.17, 15) is 8.42 Å². The molecule has 0 saturated carbocycles. The quantitative estimate of drug-likeness (QED) is 0.864. The Bertz CT molecular complexity index is 467. The van der Waals surface area contributed by atoms with Gasteiger partial charge in [-0.2, -0.15) is 4.31 Å². The number of rotatable bonds is 2. The van der Waals surface area contributed by atoms with Gasteiger partial charge in [-0.3, -0.25) is 0 Å². The van der Waals surface area contributed by atoms with Gasteiger partial charge >= 0.3 is 0 Å². The first kappa shape index (κ1) is 12.0. The molecule has 16 heavy (non-hydrogen) atoms. The van der Waals surface area contributed by atoms with Gasteiger partial charge < -0.3 is 5.32 Å². The zero-order valence-corrected chi connectivity index (χ0v) is 11.1. The molecule has 1 atom stereocenters. The van der Waals surface area contributed by atoms with E-state index in [0.717, 1.165) is 11.4 Å². The molecule has 1 aromatic rings. The number of hydrogen-bond acceptors (Lipinski definition) is 4. The summed E-state index contributed by atoms with van der Waals surface area (Å²) in [6.07, 6.45) is 0. The fourth-order valence-corrected chi connectivity index (χ4v) is 4.76. The van der Waals surface area contributed by atoms with E-state index in [4.69, 9.17) is 0 Å². The number of hydrogen-bond donors (Lipinski definition) is 1. The van der Waals surface area contributed by atoms with Crippen LogP contribution in [0.3, 0.4) is 0 Å². The van der Waals surface area contributed by atoms with E-state index in [1.54, 1.807) is 10.4 Å². The molecular weight excluding hydrogens is 244 g/mol. The minimum atomic E-state index is -3.26. The summed E-state index contributed by atoms with van der Waals surface area (Å²) >= 11 is 1.34. The lowest BCUT2D eigenvalue weighted by molar-refractivity contribution is 0.311. The van der Waals surface area contributed by atoms with Crippen LogP contribution in [0.15, 0.2) is 16.3 Å². The van der Waals surface area contributed by atoms with Crippen molar-refractivity contribution >= 4 is 21.4 Å². The van der Waals surface area contributed by atoms with E-state index in [1.165, 1.54) is 11.3 Å². The third-order valence-corrected chi connectivity index (χ3v) is 5.97. The highest BCUT2D eigenvalue weighted by Gasteiger charge is 2.29. The summed E-state index contributed by atoms with van der Waals surface area (Å²) in [7, 11) is -3.26. The third kappa shape index (κ3) is 2.29. The van der Waals surface area contributed by atoms with Crippen LogP contribution in [0.25, 0.3) is 0 Å². The fraction of sp³-hybridized carbons (Fsp3) is 0.600. The summed E-state index contributed by atoms with van der Waals surface area (Å²) in [4.78, 5) is 1.03. The molecule has 0 unspecified atom stereocenters. The number of piperazine rings is 1. The second-order valence-electron chi connectivity index (χ2n) is 4.08. The van der Waals surface area contributed by atoms with Gasteiger partial charge in [-0.15, -0.1) is 11.3 Å². The summed E-state index contributed by atoms with van der Waals surface area (Å²) in [6, 6.07) is 3.77. The van der Waals surface area contributed by atoms with Gasteiger partial charge in [0, 0.05) is 30.6 Å². The Balaban J connectivity index is 2.25. The van der Waals surface area contributed by atoms with Crippen LogP contribution in [-0.2, 0) is 10.0 Å². The maximum absolute atomic E-state index is 12.3. The van der Waals surface area contributed by atoms with Gasteiger partial charge in [0.15, 0.2) is 0 Å². The largest absolute Gasteiger partial charge is 0.312 e. The number of thiophene rings is 1. The van der Waals surface area contributed by atoms with Crippen LogP contribution in [0, 0.1) is 6.92 Å². The molecular formula is C10H16N2O2S2. The van der Waals surface area contributed by atoms with Crippen molar-refractivity contribution in [2.24, 2.45) is 0 Å². The maximum Gasteiger partial charge on any atom is 0.252 e. The highest BCUT2D eigenvalue weighted by Crippen LogP contribution is 2.24. The van der Waals surface area contributed by atoms with Crippen LogP contribution in [0.1, 0.15) is 11.8 Å². The first-order valence-corrected chi connectivity index (χ1v) is 7.56. The molecule has 2 rings (SSSR count). The molecule has 2 heterocycles. The minimum Gasteiger partial charge on any atom is -0.312 e. The zero-order valence-electron chi connectivity index (χ0n) is 9.43. The molecule has 0 spiro atoms. The molecule has 1 aliphatic heterocycles. The summed E-state index contributed by atoms with van der Waals surface area (Å²) < 4.78 is 26.5. The topological polar surface area (TPSA) is 49.4 Å². The van der Waals surface area contributed by atoms with E-state index in [2.05, 4.69) is 5.32 Å². The minimum absolute atomic E-state index is 0.226. The molecule has 0 radical (unpaired) electrons. The van der Waals surface area contributed by atoms with Gasteiger partial charge in [-0.1, -0.05) is 0 Å². The van der Waals surface area contributed by atoms with E-state index in [-0.39, 0.29) is 6.04 Å². The van der Waals surface area contributed by atoms with Crippen molar-refractivity contribution in [2.45, 2.75) is 24.1 Å². The molecule has 90 valence electrons. The molecule has 0 aromatic carbocycles. The summed E-state index contributed by atoms with van der Waals surface area (Å²) in [5.41, 5.74) is 0. The monoisotopic (exact) mass is 260 g/mol. The lowest BCUT2D eigenvalue weighted by Gasteiger charge is -2.30. The van der Waals surface area contributed by atoms with Gasteiger partial charge in [-0.25, -0.2) is 8.42 Å². The number of nitrogens with zero attached hydrogens (tertiary/aromatic N) is 1. The Hall–Kier alpha value is -0.430. The highest BCUT2D eigenvalue weighted by atomic mass is 32.2. The van der Waals surface area contributed by atoms with Crippen LogP contribution in [0.5, 0.6) is 0 Å². The van der Waals surface area contributed by atoms with Crippen molar-refractivity contribution in [3.05, 3.63) is 17.0 Å². The highest BCUT2D eigenvalue weighted by molar-refractivity contribution is 7.91. The lowest BCUT2D eigenvalue weighted by Crippen LogP contribution is -2.51. The van der Waals surface area contributed by atoms with E-state index >= 15 is 0 Å². The van der Waals surface area contributed by atoms with Crippen molar-refractivity contribution < 1.29 is 8.42 Å². The Morgan fingerprint density at radius 2 is 2.25 bits per heavy atom. The average Bonchev–Trinajstić information content (AvgIpc) is 2.65. The smallest absolute Gasteiger partial charge is 0.252 e. The summed E-state index contributed by atoms with van der Waals surface area (Å²) in [6.45, 7) is 5.76. The predicted molar refractivity (Wildman–Crippen MR) is 65.3 cm³/mol. The predicted octanol–water partition coefficient (Wildman–Crippen LogP) is 1.04. The Morgan fingerprint density at radius 3 is 2.81 bits per heavy atom. The first-order valence-electron chi connectivity index (χ1n) is 5.30. The van der Waals surface area contributed by atoms with Crippen LogP contribution in [0.2, 0.25) is 0 Å². The normalized spacial score (nSPS) is 23.5. The molecule has 0 aliphatic carbocycles. The van der Waals surface area contributed by atoms with E-state index in [0.29, 0.717) is 17.3 Å². The summed E-state index contributed by atoms with van der Waals surface area (Å²) in [5.74, 6) is 0. The van der Waals surface area contributed by atoms with Crippen molar-refractivity contribution in [3.8, 4) is 0 Å². The second-order valence-corrected chi connectivity index (χ2v) is 7.54. The van der Waals surface area contributed by atoms with Crippen molar-refractivity contribution in [3.63, 3.8) is 0 Å². The second kappa shape index (κ2) is 4.44. The standard InChI is InChI=1S/C10H16N2O2S2/c1-8-7-12(6-5-11-8)16(13,14)10-4-3-9(2)15-10/h3-4,8,11H,5-7H2,1-2H3/t8-/m1/s1. The molecule has 1 aromatic heterocycles. The fourth-order valence-electron chi connectivity index (χ4n) is 1.79. The molecule has 1 N–H and O–H groups in total. The van der Waals surface area contributed by atoms with E-state index in [1.807, 2.05) is 19.9 Å². The molecule has 0 amide bonds. The van der Waals surface area contributed by atoms with Gasteiger partial charge in [-0.05, 0) is 26.0 Å². The lowest BCUT2D eigenvalue weighted by atomic mass is 10.3. The van der Waals surface area contributed by atoms with Gasteiger partial charge in [0.25, 0.3) is 10.0 Å². The van der Waals surface area contributed by atoms with Crippen LogP contribution >= 0.6 is 11.3 Å². The van der Waals surface area contributed by atoms with Gasteiger partial charge in [0.2, 0.25) is 0 Å². The SMILES string of the molecule is Cc1ccc(S(=O)(=O)N2CCN[C@H](C)C2)s1. The number of aryl methyl sites for hydroxylation is 1. The molecule has 0 bridgehead atoms. The third-order valence-electron chi connectivity index (χ3n) is 2.64. The molecule has 1 saturated heterocycles. The average molecular weight is 260 g/mol. The summed E-state index contributed by atoms with van der Waals surface area (Å²) in [5, 5.41) is 3.24. The van der Waals surface area contributed by atoms with Gasteiger partial charge in [0.05, 0.1) is 0 Å². The number of nitrogens with one attached hydrogen (secondary N) is 1. The maximum atomic E-state index is 12.3. The van der Waals surface area contributed by atoms with Crippen LogP contribution in [-0.4, -0.2) is 38.4 Å². The van der Waals surface area contributed by atoms with Gasteiger partial charge in [0.1, 0.15) is 4.21 Å². The Morgan fingerprint density at radius 1 is 1.50 bits per heavy atom. The number of sulfonamides is 1. The van der Waals surface area contributed by atoms with E-state index < -0.39 is 10.0 Å². The molecule has 1 fully saturated rings. The zero-order chi connectivity index (χ0) is 11.8. The molecule has 1 aliphatic rings. The van der Waals surface area contributed by atoms with Crippen molar-refractivity contribution in [1.82, 2.24) is 9.62 Å². The van der Waals surface area contributed by atoms with Crippen molar-refractivity contribution in [1.29, 1.82) is 0 Å².